The van der Waals surface area contributed by atoms with E-state index in [0.717, 1.165) is 16.7 Å². The van der Waals surface area contributed by atoms with Crippen LogP contribution in [0.5, 0.6) is 0 Å². The zero-order chi connectivity index (χ0) is 16.8. The van der Waals surface area contributed by atoms with E-state index in [4.69, 9.17) is 0 Å². The van der Waals surface area contributed by atoms with Gasteiger partial charge in [-0.25, -0.2) is 4.98 Å². The number of nitrogens with one attached hydrogen (secondary N) is 2. The van der Waals surface area contributed by atoms with E-state index < -0.39 is 11.8 Å². The van der Waals surface area contributed by atoms with E-state index in [0.29, 0.717) is 0 Å². The second kappa shape index (κ2) is 7.31. The van der Waals surface area contributed by atoms with Crippen molar-refractivity contribution >= 4 is 17.9 Å². The zero-order valence-electron chi connectivity index (χ0n) is 13.3. The lowest BCUT2D eigenvalue weighted by atomic mass is 10.0. The Morgan fingerprint density at radius 2 is 1.74 bits per heavy atom. The van der Waals surface area contributed by atoms with Crippen molar-refractivity contribution in [3.63, 3.8) is 0 Å². The third kappa shape index (κ3) is 4.47. The molecular formula is C17H18N4O2. The van der Waals surface area contributed by atoms with Gasteiger partial charge in [0, 0.05) is 18.5 Å². The van der Waals surface area contributed by atoms with Crippen LogP contribution in [0.2, 0.25) is 0 Å². The number of rotatable bonds is 3. The lowest BCUT2D eigenvalue weighted by molar-refractivity contribution is -0.117. The first-order valence-corrected chi connectivity index (χ1v) is 7.09. The van der Waals surface area contributed by atoms with Gasteiger partial charge in [-0.2, -0.15) is 0 Å². The number of hydrogen-bond acceptors (Lipinski definition) is 4. The molecule has 2 amide bonds. The molecule has 23 heavy (non-hydrogen) atoms. The fourth-order valence-electron chi connectivity index (χ4n) is 1.97. The average molecular weight is 310 g/mol. The maximum atomic E-state index is 11.8. The first-order valence-electron chi connectivity index (χ1n) is 7.09. The number of benzene rings is 1. The highest BCUT2D eigenvalue weighted by Crippen LogP contribution is 2.16. The van der Waals surface area contributed by atoms with Gasteiger partial charge < -0.3 is 0 Å². The predicted molar refractivity (Wildman–Crippen MR) is 87.3 cm³/mol. The van der Waals surface area contributed by atoms with E-state index >= 15 is 0 Å². The smallest absolute Gasteiger partial charge is 0.268 e. The molecule has 2 aromatic rings. The van der Waals surface area contributed by atoms with E-state index in [2.05, 4.69) is 26.9 Å². The van der Waals surface area contributed by atoms with Crippen LogP contribution in [-0.4, -0.2) is 21.8 Å². The minimum Gasteiger partial charge on any atom is -0.268 e. The van der Waals surface area contributed by atoms with E-state index in [-0.39, 0.29) is 5.69 Å². The van der Waals surface area contributed by atoms with Gasteiger partial charge in [0.15, 0.2) is 0 Å². The molecule has 0 spiro atoms. The number of amides is 2. The summed E-state index contributed by atoms with van der Waals surface area (Å²) < 4.78 is 0. The van der Waals surface area contributed by atoms with Crippen LogP contribution >= 0.6 is 0 Å². The van der Waals surface area contributed by atoms with Crippen LogP contribution in [-0.2, 0) is 4.79 Å². The largest absolute Gasteiger partial charge is 0.289 e. The van der Waals surface area contributed by atoms with Crippen molar-refractivity contribution in [2.75, 3.05) is 0 Å². The summed E-state index contributed by atoms with van der Waals surface area (Å²) in [6.45, 7) is 6.05. The molecule has 0 unspecified atom stereocenters. The lowest BCUT2D eigenvalue weighted by Crippen LogP contribution is -2.41. The summed E-state index contributed by atoms with van der Waals surface area (Å²) in [5, 5.41) is 0. The summed E-state index contributed by atoms with van der Waals surface area (Å²) in [6, 6.07) is 4.09. The molecule has 0 bridgehead atoms. The van der Waals surface area contributed by atoms with Crippen LogP contribution in [0.3, 0.4) is 0 Å². The van der Waals surface area contributed by atoms with Gasteiger partial charge >= 0.3 is 0 Å². The molecule has 0 fully saturated rings. The highest BCUT2D eigenvalue weighted by molar-refractivity contribution is 5.96. The fraction of sp³-hybridized carbons (Fsp3) is 0.176. The van der Waals surface area contributed by atoms with Crippen LogP contribution in [0.25, 0.3) is 6.08 Å². The topological polar surface area (TPSA) is 84.0 Å². The Balaban J connectivity index is 1.95. The molecule has 2 N–H and O–H groups in total. The van der Waals surface area contributed by atoms with Crippen molar-refractivity contribution in [2.45, 2.75) is 20.8 Å². The molecular weight excluding hydrogens is 292 g/mol. The number of aryl methyl sites for hydroxylation is 3. The highest BCUT2D eigenvalue weighted by Gasteiger charge is 2.07. The van der Waals surface area contributed by atoms with E-state index in [1.807, 2.05) is 26.8 Å². The quantitative estimate of drug-likeness (QED) is 0.669. The Kier molecular flexibility index (Phi) is 5.19. The van der Waals surface area contributed by atoms with Crippen LogP contribution in [0.15, 0.2) is 36.8 Å². The number of carbonyl (C=O) groups excluding carboxylic acids is 2. The molecule has 1 aromatic heterocycles. The van der Waals surface area contributed by atoms with Crippen LogP contribution < -0.4 is 10.9 Å². The third-order valence-corrected chi connectivity index (χ3v) is 3.39. The van der Waals surface area contributed by atoms with Crippen molar-refractivity contribution in [3.05, 3.63) is 64.7 Å². The highest BCUT2D eigenvalue weighted by atomic mass is 16.2. The Morgan fingerprint density at radius 1 is 1.00 bits per heavy atom. The first kappa shape index (κ1) is 16.4. The van der Waals surface area contributed by atoms with E-state index in [1.165, 1.54) is 30.2 Å². The van der Waals surface area contributed by atoms with Gasteiger partial charge in [-0.1, -0.05) is 12.1 Å². The van der Waals surface area contributed by atoms with Gasteiger partial charge in [-0.15, -0.1) is 0 Å². The van der Waals surface area contributed by atoms with Gasteiger partial charge in [-0.3, -0.25) is 25.4 Å². The minimum absolute atomic E-state index is 0.127. The molecule has 0 radical (unpaired) electrons. The van der Waals surface area contributed by atoms with Crippen LogP contribution in [0.4, 0.5) is 0 Å². The van der Waals surface area contributed by atoms with Gasteiger partial charge in [0.25, 0.3) is 11.8 Å². The van der Waals surface area contributed by atoms with E-state index in [1.54, 1.807) is 6.08 Å². The van der Waals surface area contributed by atoms with Crippen molar-refractivity contribution in [2.24, 2.45) is 0 Å². The molecule has 6 nitrogen and oxygen atoms in total. The molecule has 118 valence electrons. The standard InChI is InChI=1S/C17H18N4O2/c1-11-8-13(3)14(9-12(11)2)4-5-16(22)20-21-17(23)15-10-18-6-7-19-15/h4-10H,1-3H3,(H,20,22)(H,21,23). The monoisotopic (exact) mass is 310 g/mol. The Labute approximate surface area is 134 Å². The normalized spacial score (nSPS) is 10.6. The number of hydrazine groups is 1. The third-order valence-electron chi connectivity index (χ3n) is 3.39. The average Bonchev–Trinajstić information content (AvgIpc) is 2.55. The summed E-state index contributed by atoms with van der Waals surface area (Å²) >= 11 is 0. The number of nitrogens with zero attached hydrogens (tertiary/aromatic N) is 2. The van der Waals surface area contributed by atoms with Crippen molar-refractivity contribution < 1.29 is 9.59 Å². The summed E-state index contributed by atoms with van der Waals surface area (Å²) in [5.74, 6) is -0.956. The summed E-state index contributed by atoms with van der Waals surface area (Å²) in [4.78, 5) is 31.1. The first-order chi connectivity index (χ1) is 11.0. The Bertz CT molecular complexity index is 755. The fourth-order valence-corrected chi connectivity index (χ4v) is 1.97. The van der Waals surface area contributed by atoms with Gasteiger partial charge in [0.1, 0.15) is 5.69 Å². The zero-order valence-corrected chi connectivity index (χ0v) is 13.3. The summed E-state index contributed by atoms with van der Waals surface area (Å²) in [6.07, 6.45) is 7.26. The van der Waals surface area contributed by atoms with Gasteiger partial charge in [0.05, 0.1) is 6.20 Å². The maximum Gasteiger partial charge on any atom is 0.289 e. The number of aromatic nitrogens is 2. The van der Waals surface area contributed by atoms with Crippen LogP contribution in [0, 0.1) is 20.8 Å². The van der Waals surface area contributed by atoms with Crippen molar-refractivity contribution in [1.82, 2.24) is 20.8 Å². The molecule has 0 aliphatic heterocycles. The second-order valence-corrected chi connectivity index (χ2v) is 5.16. The van der Waals surface area contributed by atoms with Crippen LogP contribution in [0.1, 0.15) is 32.7 Å². The Morgan fingerprint density at radius 3 is 2.43 bits per heavy atom. The van der Waals surface area contributed by atoms with Crippen molar-refractivity contribution in [3.8, 4) is 0 Å². The Hall–Kier alpha value is -3.02. The predicted octanol–water partition coefficient (Wildman–Crippen LogP) is 1.88. The molecule has 0 saturated carbocycles. The summed E-state index contributed by atoms with van der Waals surface area (Å²) in [7, 11) is 0. The van der Waals surface area contributed by atoms with Crippen molar-refractivity contribution in [1.29, 1.82) is 0 Å². The molecule has 1 heterocycles. The molecule has 0 saturated heterocycles. The lowest BCUT2D eigenvalue weighted by Gasteiger charge is -2.06. The second-order valence-electron chi connectivity index (χ2n) is 5.16. The molecule has 6 heteroatoms. The van der Waals surface area contributed by atoms with Gasteiger partial charge in [0.2, 0.25) is 0 Å². The molecule has 2 rings (SSSR count). The molecule has 1 aromatic carbocycles. The molecule has 0 aliphatic carbocycles. The minimum atomic E-state index is -0.526. The number of hydrogen-bond donors (Lipinski definition) is 2. The van der Waals surface area contributed by atoms with Gasteiger partial charge in [-0.05, 0) is 49.1 Å². The SMILES string of the molecule is Cc1cc(C)c(C=CC(=O)NNC(=O)c2cnccn2)cc1C. The maximum absolute atomic E-state index is 11.8. The summed E-state index contributed by atoms with van der Waals surface area (Å²) in [5.41, 5.74) is 9.12. The number of carbonyl (C=O) groups is 2. The molecule has 0 aliphatic rings. The van der Waals surface area contributed by atoms with E-state index in [9.17, 15) is 9.59 Å². The molecule has 0 atom stereocenters.